The van der Waals surface area contributed by atoms with E-state index in [-0.39, 0.29) is 19.0 Å². The van der Waals surface area contributed by atoms with Crippen LogP contribution in [0.4, 0.5) is 13.2 Å². The van der Waals surface area contributed by atoms with Crippen molar-refractivity contribution in [2.24, 2.45) is 0 Å². The number of alkyl halides is 3. The van der Waals surface area contributed by atoms with Gasteiger partial charge in [0.05, 0.1) is 25.9 Å². The van der Waals surface area contributed by atoms with Crippen LogP contribution in [0.5, 0.6) is 5.75 Å². The topological polar surface area (TPSA) is 73.9 Å². The number of hydrogen-bond donors (Lipinski definition) is 1. The molecule has 0 amide bonds. The Morgan fingerprint density at radius 2 is 2.00 bits per heavy atom. The third-order valence-electron chi connectivity index (χ3n) is 5.43. The first kappa shape index (κ1) is 23.8. The van der Waals surface area contributed by atoms with Gasteiger partial charge in [0.25, 0.3) is 0 Å². The molecule has 0 unspecified atom stereocenters. The van der Waals surface area contributed by atoms with Gasteiger partial charge in [-0.3, -0.25) is 4.79 Å². The van der Waals surface area contributed by atoms with Gasteiger partial charge in [0.2, 0.25) is 0 Å². The largest absolute Gasteiger partial charge is 0.496 e. The standard InChI is InChI=1S/C23H26F3NO5/c1-4-32-22(29)19-13(2)27-16-6-5-7-17(28)21(16)20(19)14-8-9-18(30-3)15(10-14)11-31-12-23(24,25)26/h8-10,20,27H,4-7,11-12H2,1-3H3/t20-/m1/s1. The van der Waals surface area contributed by atoms with Gasteiger partial charge < -0.3 is 19.5 Å². The number of esters is 1. The number of dihydropyridines is 1. The number of ether oxygens (including phenoxy) is 3. The van der Waals surface area contributed by atoms with Gasteiger partial charge in [0.1, 0.15) is 12.4 Å². The SMILES string of the molecule is CCOC(=O)C1=C(C)NC2=C(C(=O)CCC2)[C@@H]1c1ccc(OC)c(COCC(F)(F)F)c1. The van der Waals surface area contributed by atoms with E-state index in [9.17, 15) is 22.8 Å². The van der Waals surface area contributed by atoms with Crippen LogP contribution in [0.15, 0.2) is 40.7 Å². The summed E-state index contributed by atoms with van der Waals surface area (Å²) in [5.74, 6) is -0.945. The Morgan fingerprint density at radius 3 is 2.66 bits per heavy atom. The minimum atomic E-state index is -4.45. The molecular weight excluding hydrogens is 427 g/mol. The zero-order valence-electron chi connectivity index (χ0n) is 18.2. The van der Waals surface area contributed by atoms with Crippen LogP contribution in [-0.2, 0) is 25.7 Å². The monoisotopic (exact) mass is 453 g/mol. The Bertz CT molecular complexity index is 965. The zero-order valence-corrected chi connectivity index (χ0v) is 18.2. The fourth-order valence-electron chi connectivity index (χ4n) is 4.16. The lowest BCUT2D eigenvalue weighted by atomic mass is 9.75. The average Bonchev–Trinajstić information content (AvgIpc) is 2.72. The molecule has 6 nitrogen and oxygen atoms in total. The normalized spacial score (nSPS) is 18.9. The summed E-state index contributed by atoms with van der Waals surface area (Å²) in [6.45, 7) is 1.88. The fourth-order valence-corrected chi connectivity index (χ4v) is 4.16. The van der Waals surface area contributed by atoms with E-state index in [0.717, 1.165) is 5.70 Å². The quantitative estimate of drug-likeness (QED) is 0.621. The maximum Gasteiger partial charge on any atom is 0.411 e. The molecule has 2 aliphatic rings. The highest BCUT2D eigenvalue weighted by molar-refractivity contribution is 6.03. The van der Waals surface area contributed by atoms with Crippen LogP contribution in [-0.4, -0.2) is 38.3 Å². The van der Waals surface area contributed by atoms with Crippen molar-refractivity contribution < 1.29 is 37.0 Å². The van der Waals surface area contributed by atoms with E-state index in [2.05, 4.69) is 5.32 Å². The molecule has 32 heavy (non-hydrogen) atoms. The smallest absolute Gasteiger partial charge is 0.411 e. The van der Waals surface area contributed by atoms with Crippen molar-refractivity contribution in [2.75, 3.05) is 20.3 Å². The first-order valence-electron chi connectivity index (χ1n) is 10.4. The van der Waals surface area contributed by atoms with Crippen LogP contribution in [0.2, 0.25) is 0 Å². The van der Waals surface area contributed by atoms with E-state index in [1.165, 1.54) is 7.11 Å². The molecule has 1 aromatic carbocycles. The summed E-state index contributed by atoms with van der Waals surface area (Å²) in [5, 5.41) is 3.19. The zero-order chi connectivity index (χ0) is 23.5. The van der Waals surface area contributed by atoms with Crippen LogP contribution in [0.1, 0.15) is 50.2 Å². The molecule has 174 valence electrons. The van der Waals surface area contributed by atoms with Crippen molar-refractivity contribution in [3.05, 3.63) is 51.9 Å². The van der Waals surface area contributed by atoms with E-state index in [1.54, 1.807) is 32.0 Å². The van der Waals surface area contributed by atoms with Crippen molar-refractivity contribution in [3.63, 3.8) is 0 Å². The van der Waals surface area contributed by atoms with E-state index in [1.807, 2.05) is 0 Å². The summed E-state index contributed by atoms with van der Waals surface area (Å²) in [5.41, 5.74) is 3.14. The van der Waals surface area contributed by atoms with Gasteiger partial charge in [-0.1, -0.05) is 6.07 Å². The summed E-state index contributed by atoms with van der Waals surface area (Å²) in [4.78, 5) is 25.7. The highest BCUT2D eigenvalue weighted by Gasteiger charge is 2.39. The third-order valence-corrected chi connectivity index (χ3v) is 5.43. The van der Waals surface area contributed by atoms with Crippen LogP contribution in [0.25, 0.3) is 0 Å². The van der Waals surface area contributed by atoms with Gasteiger partial charge in [-0.15, -0.1) is 0 Å². The van der Waals surface area contributed by atoms with Gasteiger partial charge >= 0.3 is 12.1 Å². The number of Topliss-reactive ketones (excluding diaryl/α,β-unsaturated/α-hetero) is 1. The third kappa shape index (κ3) is 5.15. The molecule has 0 saturated carbocycles. The highest BCUT2D eigenvalue weighted by atomic mass is 19.4. The molecule has 0 fully saturated rings. The van der Waals surface area contributed by atoms with Gasteiger partial charge in [0.15, 0.2) is 5.78 Å². The summed E-state index contributed by atoms with van der Waals surface area (Å²) >= 11 is 0. The number of allylic oxidation sites excluding steroid dienone is 3. The average molecular weight is 453 g/mol. The lowest BCUT2D eigenvalue weighted by Crippen LogP contribution is -2.34. The van der Waals surface area contributed by atoms with E-state index >= 15 is 0 Å². The molecule has 0 spiro atoms. The summed E-state index contributed by atoms with van der Waals surface area (Å²) < 4.78 is 53.0. The Morgan fingerprint density at radius 1 is 1.25 bits per heavy atom. The number of benzene rings is 1. The minimum Gasteiger partial charge on any atom is -0.496 e. The van der Waals surface area contributed by atoms with E-state index in [0.29, 0.717) is 53.0 Å². The highest BCUT2D eigenvalue weighted by Crippen LogP contribution is 2.43. The molecule has 0 saturated heterocycles. The number of rotatable bonds is 7. The number of hydrogen-bond acceptors (Lipinski definition) is 6. The van der Waals surface area contributed by atoms with Gasteiger partial charge in [0, 0.05) is 34.9 Å². The molecule has 1 atom stereocenters. The number of ketones is 1. The summed E-state index contributed by atoms with van der Waals surface area (Å²) in [7, 11) is 1.41. The number of carbonyl (C=O) groups is 2. The second kappa shape index (κ2) is 9.77. The first-order valence-corrected chi connectivity index (χ1v) is 10.4. The Balaban J connectivity index is 2.06. The Labute approximate surface area is 184 Å². The van der Waals surface area contributed by atoms with Crippen LogP contribution < -0.4 is 10.1 Å². The van der Waals surface area contributed by atoms with Gasteiger partial charge in [-0.05, 0) is 44.4 Å². The number of methoxy groups -OCH3 is 1. The van der Waals surface area contributed by atoms with Crippen LogP contribution >= 0.6 is 0 Å². The Kier molecular flexibility index (Phi) is 7.28. The number of nitrogens with one attached hydrogen (secondary N) is 1. The van der Waals surface area contributed by atoms with Crippen molar-refractivity contribution in [2.45, 2.75) is 51.8 Å². The molecule has 1 aliphatic carbocycles. The molecule has 1 aliphatic heterocycles. The van der Waals surface area contributed by atoms with Crippen molar-refractivity contribution in [1.82, 2.24) is 5.32 Å². The molecule has 9 heteroatoms. The molecule has 1 heterocycles. The molecular formula is C23H26F3NO5. The van der Waals surface area contributed by atoms with Gasteiger partial charge in [-0.25, -0.2) is 4.79 Å². The maximum atomic E-state index is 12.9. The summed E-state index contributed by atoms with van der Waals surface area (Å²) in [6.07, 6.45) is -2.71. The van der Waals surface area contributed by atoms with Crippen LogP contribution in [0.3, 0.4) is 0 Å². The molecule has 1 N–H and O–H groups in total. The lowest BCUT2D eigenvalue weighted by Gasteiger charge is -2.34. The van der Waals surface area contributed by atoms with Crippen LogP contribution in [0, 0.1) is 0 Å². The van der Waals surface area contributed by atoms with Crippen molar-refractivity contribution in [1.29, 1.82) is 0 Å². The molecule has 0 radical (unpaired) electrons. The molecule has 1 aromatic rings. The lowest BCUT2D eigenvalue weighted by molar-refractivity contribution is -0.176. The molecule has 0 aromatic heterocycles. The Hall–Kier alpha value is -2.81. The van der Waals surface area contributed by atoms with E-state index < -0.39 is 24.7 Å². The molecule has 0 bridgehead atoms. The van der Waals surface area contributed by atoms with E-state index in [4.69, 9.17) is 14.2 Å². The van der Waals surface area contributed by atoms with Gasteiger partial charge in [-0.2, -0.15) is 13.2 Å². The maximum absolute atomic E-state index is 12.9. The summed E-state index contributed by atoms with van der Waals surface area (Å²) in [6, 6.07) is 4.95. The second-order valence-corrected chi connectivity index (χ2v) is 7.67. The first-order chi connectivity index (χ1) is 15.2. The van der Waals surface area contributed by atoms with Crippen molar-refractivity contribution in [3.8, 4) is 5.75 Å². The number of carbonyl (C=O) groups excluding carboxylic acids is 2. The van der Waals surface area contributed by atoms with Crippen molar-refractivity contribution >= 4 is 11.8 Å². The predicted molar refractivity (Wildman–Crippen MR) is 110 cm³/mol. The predicted octanol–water partition coefficient (Wildman–Crippen LogP) is 4.31. The number of halogens is 3. The fraction of sp³-hybridized carbons (Fsp3) is 0.478. The minimum absolute atomic E-state index is 0.0660. The second-order valence-electron chi connectivity index (χ2n) is 7.67. The molecule has 3 rings (SSSR count).